The first-order valence-corrected chi connectivity index (χ1v) is 19.6. The largest absolute Gasteiger partial charge is 0.394 e. The summed E-state index contributed by atoms with van der Waals surface area (Å²) in [4.78, 5) is 26.5. The Morgan fingerprint density at radius 3 is 1.29 bits per heavy atom. The lowest BCUT2D eigenvalue weighted by atomic mass is 10.0. The normalized spacial score (nSPS) is 12.2. The third kappa shape index (κ3) is 32.3. The van der Waals surface area contributed by atoms with Crippen LogP contribution in [0.25, 0.3) is 0 Å². The van der Waals surface area contributed by atoms with E-state index in [9.17, 15) is 19.8 Å². The smallest absolute Gasteiger partial charge is 0.246 e. The lowest BCUT2D eigenvalue weighted by Crippen LogP contribution is -2.38. The fraction of sp³-hybridized carbons (Fsp3) is 0.897. The number of nitrogens with one attached hydrogen (secondary N) is 1. The van der Waals surface area contributed by atoms with Crippen molar-refractivity contribution in [3.05, 3.63) is 12.2 Å². The Kier molecular flexibility index (Phi) is 34.4. The molecule has 1 unspecified atom stereocenters. The van der Waals surface area contributed by atoms with E-state index < -0.39 is 6.10 Å². The van der Waals surface area contributed by atoms with Gasteiger partial charge in [-0.15, -0.1) is 0 Å². The van der Waals surface area contributed by atoms with Crippen molar-refractivity contribution in [2.24, 2.45) is 0 Å². The van der Waals surface area contributed by atoms with E-state index >= 15 is 0 Å². The van der Waals surface area contributed by atoms with Crippen molar-refractivity contribution in [1.29, 1.82) is 0 Å². The van der Waals surface area contributed by atoms with E-state index in [1.165, 1.54) is 160 Å². The summed E-state index contributed by atoms with van der Waals surface area (Å²) in [6.07, 6.45) is 37.7. The zero-order valence-electron chi connectivity index (χ0n) is 30.0. The molecule has 0 aromatic heterocycles. The van der Waals surface area contributed by atoms with Gasteiger partial charge in [-0.25, -0.2) is 0 Å². The number of carbonyl (C=O) groups is 2. The lowest BCUT2D eigenvalue weighted by molar-refractivity contribution is -0.128. The van der Waals surface area contributed by atoms with Gasteiger partial charge < -0.3 is 20.4 Å². The van der Waals surface area contributed by atoms with Gasteiger partial charge in [-0.2, -0.15) is 0 Å². The van der Waals surface area contributed by atoms with Crippen LogP contribution in [0.15, 0.2) is 12.2 Å². The van der Waals surface area contributed by atoms with Crippen molar-refractivity contribution in [3.8, 4) is 0 Å². The quantitative estimate of drug-likeness (QED) is 0.0477. The van der Waals surface area contributed by atoms with Crippen LogP contribution in [0.5, 0.6) is 0 Å². The molecule has 3 N–H and O–H groups in total. The maximum atomic E-state index is 12.7. The highest BCUT2D eigenvalue weighted by molar-refractivity contribution is 5.96. The fourth-order valence-corrected chi connectivity index (χ4v) is 5.94. The van der Waals surface area contributed by atoms with Crippen molar-refractivity contribution in [2.45, 2.75) is 200 Å². The summed E-state index contributed by atoms with van der Waals surface area (Å²) in [6, 6.07) is 0. The van der Waals surface area contributed by atoms with Crippen molar-refractivity contribution >= 4 is 11.8 Å². The maximum Gasteiger partial charge on any atom is 0.246 e. The van der Waals surface area contributed by atoms with Crippen molar-refractivity contribution in [3.63, 3.8) is 0 Å². The predicted octanol–water partition coefficient (Wildman–Crippen LogP) is 9.80. The summed E-state index contributed by atoms with van der Waals surface area (Å²) in [7, 11) is 0. The number of hydrogen-bond donors (Lipinski definition) is 3. The highest BCUT2D eigenvalue weighted by Crippen LogP contribution is 2.14. The number of aliphatic hydroxyl groups excluding tert-OH is 2. The molecule has 45 heavy (non-hydrogen) atoms. The molecule has 0 rings (SSSR count). The Morgan fingerprint density at radius 2 is 0.911 bits per heavy atom. The second kappa shape index (κ2) is 35.5. The van der Waals surface area contributed by atoms with Gasteiger partial charge in [-0.05, 0) is 12.8 Å². The van der Waals surface area contributed by atoms with E-state index in [1.54, 1.807) is 4.90 Å². The molecule has 0 aliphatic heterocycles. The number of hydrogen-bond acceptors (Lipinski definition) is 4. The van der Waals surface area contributed by atoms with Crippen molar-refractivity contribution in [2.75, 3.05) is 26.2 Å². The Balaban J connectivity index is 3.90. The first kappa shape index (κ1) is 43.6. The molecule has 0 heterocycles. The molecule has 0 radical (unpaired) electrons. The first-order chi connectivity index (χ1) is 22.0. The molecule has 266 valence electrons. The molecular formula is C39H76N2O4. The molecule has 0 aromatic carbocycles. The molecule has 0 spiro atoms. The average molecular weight is 637 g/mol. The van der Waals surface area contributed by atoms with Gasteiger partial charge >= 0.3 is 0 Å². The van der Waals surface area contributed by atoms with Gasteiger partial charge in [0.15, 0.2) is 0 Å². The minimum absolute atomic E-state index is 0.0821. The van der Waals surface area contributed by atoms with E-state index in [-0.39, 0.29) is 25.0 Å². The van der Waals surface area contributed by atoms with Gasteiger partial charge in [0, 0.05) is 31.8 Å². The van der Waals surface area contributed by atoms with Crippen LogP contribution in [0.4, 0.5) is 0 Å². The second-order valence-electron chi connectivity index (χ2n) is 13.4. The Labute approximate surface area is 279 Å². The molecule has 0 aliphatic rings. The fourth-order valence-electron chi connectivity index (χ4n) is 5.94. The number of carbonyl (C=O) groups excluding carboxylic acids is 2. The van der Waals surface area contributed by atoms with Crippen LogP contribution >= 0.6 is 0 Å². The first-order valence-electron chi connectivity index (χ1n) is 19.6. The van der Waals surface area contributed by atoms with Crippen molar-refractivity contribution < 1.29 is 19.8 Å². The highest BCUT2D eigenvalue weighted by Gasteiger charge is 2.15. The van der Waals surface area contributed by atoms with Crippen molar-refractivity contribution in [1.82, 2.24) is 10.2 Å². The number of unbranched alkanes of at least 4 members (excludes halogenated alkanes) is 26. The van der Waals surface area contributed by atoms with Crippen LogP contribution in [0.3, 0.4) is 0 Å². The van der Waals surface area contributed by atoms with Crippen LogP contribution < -0.4 is 5.32 Å². The monoisotopic (exact) mass is 637 g/mol. The summed E-state index contributed by atoms with van der Waals surface area (Å²) in [5.41, 5.74) is 0. The van der Waals surface area contributed by atoms with E-state index in [0.717, 1.165) is 32.1 Å². The molecule has 6 heteroatoms. The summed E-state index contributed by atoms with van der Waals surface area (Å²) in [6.45, 7) is 5.38. The number of aliphatic hydroxyl groups is 2. The van der Waals surface area contributed by atoms with Gasteiger partial charge in [-0.1, -0.05) is 181 Å². The molecule has 0 saturated carbocycles. The van der Waals surface area contributed by atoms with E-state index in [4.69, 9.17) is 0 Å². The molecule has 2 amide bonds. The summed E-state index contributed by atoms with van der Waals surface area (Å²) in [5, 5.41) is 22.1. The van der Waals surface area contributed by atoms with Gasteiger partial charge in [0.05, 0.1) is 12.7 Å². The van der Waals surface area contributed by atoms with Crippen LogP contribution in [0, 0.1) is 0 Å². The predicted molar refractivity (Wildman–Crippen MR) is 192 cm³/mol. The van der Waals surface area contributed by atoms with Crippen LogP contribution in [0.1, 0.15) is 194 Å². The van der Waals surface area contributed by atoms with E-state index in [2.05, 4.69) is 19.2 Å². The van der Waals surface area contributed by atoms with Gasteiger partial charge in [0.25, 0.3) is 0 Å². The number of nitrogens with zero attached hydrogens (tertiary/aromatic N) is 1. The Hall–Kier alpha value is -1.40. The molecule has 1 atom stereocenters. The highest BCUT2D eigenvalue weighted by atomic mass is 16.3. The molecule has 0 bridgehead atoms. The molecule has 0 saturated heterocycles. The topological polar surface area (TPSA) is 89.9 Å². The van der Waals surface area contributed by atoms with E-state index in [0.29, 0.717) is 13.1 Å². The summed E-state index contributed by atoms with van der Waals surface area (Å²) < 4.78 is 0. The zero-order chi connectivity index (χ0) is 33.1. The molecule has 6 nitrogen and oxygen atoms in total. The molecular weight excluding hydrogens is 560 g/mol. The SMILES string of the molecule is CCCCCCCCCCCCCCCCNC(=O)/C=C\C(=O)N(CCCCCCCCCCCCCCCC)CC(O)CO. The number of rotatable bonds is 35. The number of amides is 2. The zero-order valence-corrected chi connectivity index (χ0v) is 30.0. The van der Waals surface area contributed by atoms with Gasteiger partial charge in [0.1, 0.15) is 0 Å². The summed E-state index contributed by atoms with van der Waals surface area (Å²) >= 11 is 0. The van der Waals surface area contributed by atoms with E-state index in [1.807, 2.05) is 0 Å². The molecule has 0 aromatic rings. The van der Waals surface area contributed by atoms with Gasteiger partial charge in [-0.3, -0.25) is 9.59 Å². The average Bonchev–Trinajstić information content (AvgIpc) is 3.04. The maximum absolute atomic E-state index is 12.7. The minimum Gasteiger partial charge on any atom is -0.394 e. The Morgan fingerprint density at radius 1 is 0.556 bits per heavy atom. The third-order valence-electron chi connectivity index (χ3n) is 8.94. The molecule has 0 aliphatic carbocycles. The minimum atomic E-state index is -0.969. The van der Waals surface area contributed by atoms with Crippen LogP contribution in [-0.2, 0) is 9.59 Å². The second-order valence-corrected chi connectivity index (χ2v) is 13.4. The van der Waals surface area contributed by atoms with Crippen LogP contribution in [0.2, 0.25) is 0 Å². The third-order valence-corrected chi connectivity index (χ3v) is 8.94. The lowest BCUT2D eigenvalue weighted by Gasteiger charge is -2.23. The van der Waals surface area contributed by atoms with Gasteiger partial charge in [0.2, 0.25) is 11.8 Å². The van der Waals surface area contributed by atoms with Crippen LogP contribution in [-0.4, -0.2) is 59.3 Å². The Bertz CT molecular complexity index is 669. The molecule has 0 fully saturated rings. The summed E-state index contributed by atoms with van der Waals surface area (Å²) in [5.74, 6) is -0.541. The standard InChI is InChI=1S/C39H76N2O4/c1-3-5-7-9-11-13-15-17-19-21-23-25-27-29-33-40-38(44)31-32-39(45)41(35-37(43)36-42)34-30-28-26-24-22-20-18-16-14-12-10-8-6-4-2/h31-32,37,42-43H,3-30,33-36H2,1-2H3,(H,40,44)/b32-31-.